The number of carbonyl (C=O) groups is 1. The zero-order chi connectivity index (χ0) is 15.4. The third-order valence-corrected chi connectivity index (χ3v) is 3.64. The maximum absolute atomic E-state index is 12.3. The molecule has 4 heteroatoms. The number of nitrogens with one attached hydrogen (secondary N) is 1. The maximum Gasteiger partial charge on any atom is 0.253 e. The Morgan fingerprint density at radius 2 is 2.10 bits per heavy atom. The van der Waals surface area contributed by atoms with Gasteiger partial charge >= 0.3 is 0 Å². The Bertz CT molecular complexity index is 653. The first-order chi connectivity index (χ1) is 10.0. The molecule has 0 saturated heterocycles. The van der Waals surface area contributed by atoms with E-state index in [0.29, 0.717) is 18.5 Å². The van der Waals surface area contributed by atoms with Crippen molar-refractivity contribution in [2.24, 2.45) is 5.92 Å². The van der Waals surface area contributed by atoms with Gasteiger partial charge in [0.05, 0.1) is 16.8 Å². The fourth-order valence-electron chi connectivity index (χ4n) is 2.29. The number of aliphatic hydroxyl groups excluding tert-OH is 1. The number of aliphatic hydroxyl groups is 1. The van der Waals surface area contributed by atoms with E-state index in [1.807, 2.05) is 45.0 Å². The minimum Gasteiger partial charge on any atom is -0.396 e. The summed E-state index contributed by atoms with van der Waals surface area (Å²) in [6, 6.07) is 7.92. The molecule has 0 aliphatic heterocycles. The zero-order valence-electron chi connectivity index (χ0n) is 12.8. The SMILES string of the molecule is Cc1ccc2cc(C(=O)NCC(C)CCO)c(C)nc2c1. The zero-order valence-corrected chi connectivity index (χ0v) is 12.8. The van der Waals surface area contributed by atoms with Gasteiger partial charge in [0.25, 0.3) is 5.91 Å². The van der Waals surface area contributed by atoms with Crippen LogP contribution in [0.1, 0.15) is 35.0 Å². The number of fused-ring (bicyclic) bond motifs is 1. The van der Waals surface area contributed by atoms with Crippen LogP contribution in [-0.4, -0.2) is 29.1 Å². The highest BCUT2D eigenvalue weighted by Crippen LogP contribution is 2.18. The van der Waals surface area contributed by atoms with Crippen molar-refractivity contribution in [1.29, 1.82) is 0 Å². The Kier molecular flexibility index (Phi) is 4.91. The largest absolute Gasteiger partial charge is 0.396 e. The molecule has 2 aromatic rings. The van der Waals surface area contributed by atoms with Crippen LogP contribution in [0.5, 0.6) is 0 Å². The summed E-state index contributed by atoms with van der Waals surface area (Å²) in [7, 11) is 0. The van der Waals surface area contributed by atoms with Gasteiger partial charge in [-0.15, -0.1) is 0 Å². The number of pyridine rings is 1. The summed E-state index contributed by atoms with van der Waals surface area (Å²) in [5, 5.41) is 12.8. The summed E-state index contributed by atoms with van der Waals surface area (Å²) in [5.41, 5.74) is 3.42. The number of aryl methyl sites for hydroxylation is 2. The average molecular weight is 286 g/mol. The normalized spacial score (nSPS) is 12.4. The summed E-state index contributed by atoms with van der Waals surface area (Å²) in [5.74, 6) is 0.155. The lowest BCUT2D eigenvalue weighted by Crippen LogP contribution is -2.29. The predicted octanol–water partition coefficient (Wildman–Crippen LogP) is 2.60. The van der Waals surface area contributed by atoms with E-state index < -0.39 is 0 Å². The van der Waals surface area contributed by atoms with Crippen molar-refractivity contribution in [3.63, 3.8) is 0 Å². The van der Waals surface area contributed by atoms with Crippen LogP contribution < -0.4 is 5.32 Å². The minimum absolute atomic E-state index is 0.104. The van der Waals surface area contributed by atoms with Crippen molar-refractivity contribution < 1.29 is 9.90 Å². The van der Waals surface area contributed by atoms with Crippen molar-refractivity contribution in [2.45, 2.75) is 27.2 Å². The Labute approximate surface area is 125 Å². The van der Waals surface area contributed by atoms with E-state index in [2.05, 4.69) is 10.3 Å². The molecule has 0 aliphatic rings. The van der Waals surface area contributed by atoms with Crippen molar-refractivity contribution in [3.8, 4) is 0 Å². The molecule has 0 fully saturated rings. The molecule has 4 nitrogen and oxygen atoms in total. The van der Waals surface area contributed by atoms with Crippen molar-refractivity contribution in [2.75, 3.05) is 13.2 Å². The Hall–Kier alpha value is -1.94. The second kappa shape index (κ2) is 6.68. The van der Waals surface area contributed by atoms with Crippen LogP contribution in [0.2, 0.25) is 0 Å². The first-order valence-corrected chi connectivity index (χ1v) is 7.28. The average Bonchev–Trinajstić information content (AvgIpc) is 2.44. The third kappa shape index (κ3) is 3.79. The monoisotopic (exact) mass is 286 g/mol. The van der Waals surface area contributed by atoms with Crippen molar-refractivity contribution in [1.82, 2.24) is 10.3 Å². The molecule has 2 rings (SSSR count). The Morgan fingerprint density at radius 3 is 2.81 bits per heavy atom. The number of amides is 1. The highest BCUT2D eigenvalue weighted by atomic mass is 16.3. The number of hydrogen-bond donors (Lipinski definition) is 2. The van der Waals surface area contributed by atoms with Crippen molar-refractivity contribution in [3.05, 3.63) is 41.1 Å². The van der Waals surface area contributed by atoms with E-state index in [9.17, 15) is 4.79 Å². The van der Waals surface area contributed by atoms with E-state index in [4.69, 9.17) is 5.11 Å². The number of nitrogens with zero attached hydrogens (tertiary/aromatic N) is 1. The van der Waals surface area contributed by atoms with E-state index in [1.165, 1.54) is 0 Å². The fourth-order valence-corrected chi connectivity index (χ4v) is 2.29. The molecule has 1 atom stereocenters. The highest BCUT2D eigenvalue weighted by Gasteiger charge is 2.12. The van der Waals surface area contributed by atoms with Gasteiger partial charge in [0.1, 0.15) is 0 Å². The molecular formula is C17H22N2O2. The topological polar surface area (TPSA) is 62.2 Å². The Balaban J connectivity index is 2.19. The van der Waals surface area contributed by atoms with Gasteiger partial charge in [-0.05, 0) is 43.9 Å². The molecular weight excluding hydrogens is 264 g/mol. The molecule has 0 aliphatic carbocycles. The summed E-state index contributed by atoms with van der Waals surface area (Å²) in [6.07, 6.45) is 0.689. The Morgan fingerprint density at radius 1 is 1.33 bits per heavy atom. The molecule has 0 spiro atoms. The molecule has 21 heavy (non-hydrogen) atoms. The third-order valence-electron chi connectivity index (χ3n) is 3.64. The quantitative estimate of drug-likeness (QED) is 0.888. The van der Waals surface area contributed by atoms with Gasteiger partial charge in [-0.25, -0.2) is 0 Å². The van der Waals surface area contributed by atoms with E-state index in [-0.39, 0.29) is 18.4 Å². The molecule has 112 valence electrons. The van der Waals surface area contributed by atoms with Crippen LogP contribution in [0.15, 0.2) is 24.3 Å². The highest BCUT2D eigenvalue weighted by molar-refractivity contribution is 5.98. The molecule has 0 bridgehead atoms. The van der Waals surface area contributed by atoms with Gasteiger partial charge in [0.2, 0.25) is 0 Å². The lowest BCUT2D eigenvalue weighted by Gasteiger charge is -2.12. The predicted molar refractivity (Wildman–Crippen MR) is 84.4 cm³/mol. The number of aromatic nitrogens is 1. The second-order valence-electron chi connectivity index (χ2n) is 5.64. The molecule has 0 radical (unpaired) electrons. The van der Waals surface area contributed by atoms with E-state index >= 15 is 0 Å². The van der Waals surface area contributed by atoms with Crippen LogP contribution in [0.25, 0.3) is 10.9 Å². The van der Waals surface area contributed by atoms with Crippen LogP contribution in [0, 0.1) is 19.8 Å². The van der Waals surface area contributed by atoms with Gasteiger partial charge < -0.3 is 10.4 Å². The number of benzene rings is 1. The molecule has 0 saturated carbocycles. The number of carbonyl (C=O) groups excluding carboxylic acids is 1. The second-order valence-corrected chi connectivity index (χ2v) is 5.64. The van der Waals surface area contributed by atoms with Gasteiger partial charge in [0.15, 0.2) is 0 Å². The number of hydrogen-bond acceptors (Lipinski definition) is 3. The van der Waals surface area contributed by atoms with E-state index in [0.717, 1.165) is 22.2 Å². The fraction of sp³-hybridized carbons (Fsp3) is 0.412. The first kappa shape index (κ1) is 15.4. The van der Waals surface area contributed by atoms with Gasteiger partial charge in [-0.2, -0.15) is 0 Å². The molecule has 2 N–H and O–H groups in total. The van der Waals surface area contributed by atoms with Crippen LogP contribution in [0.3, 0.4) is 0 Å². The van der Waals surface area contributed by atoms with Gasteiger partial charge in [-0.1, -0.05) is 19.1 Å². The summed E-state index contributed by atoms with van der Waals surface area (Å²) < 4.78 is 0. The lowest BCUT2D eigenvalue weighted by atomic mass is 10.1. The summed E-state index contributed by atoms with van der Waals surface area (Å²) in [6.45, 7) is 6.59. The van der Waals surface area contributed by atoms with Crippen molar-refractivity contribution >= 4 is 16.8 Å². The van der Waals surface area contributed by atoms with Gasteiger partial charge in [-0.3, -0.25) is 9.78 Å². The molecule has 1 amide bonds. The smallest absolute Gasteiger partial charge is 0.253 e. The standard InChI is InChI=1S/C17H22N2O2/c1-11-4-5-14-9-15(13(3)19-16(14)8-11)17(21)18-10-12(2)6-7-20/h4-5,8-9,12,20H,6-7,10H2,1-3H3,(H,18,21). The van der Waals surface area contributed by atoms with Crippen LogP contribution in [-0.2, 0) is 0 Å². The van der Waals surface area contributed by atoms with E-state index in [1.54, 1.807) is 0 Å². The summed E-state index contributed by atoms with van der Waals surface area (Å²) in [4.78, 5) is 16.8. The summed E-state index contributed by atoms with van der Waals surface area (Å²) >= 11 is 0. The molecule has 1 aromatic heterocycles. The first-order valence-electron chi connectivity index (χ1n) is 7.28. The molecule has 1 heterocycles. The van der Waals surface area contributed by atoms with Crippen LogP contribution in [0.4, 0.5) is 0 Å². The molecule has 1 aromatic carbocycles. The molecule has 1 unspecified atom stereocenters. The van der Waals surface area contributed by atoms with Gasteiger partial charge in [0, 0.05) is 18.5 Å². The van der Waals surface area contributed by atoms with Crippen LogP contribution >= 0.6 is 0 Å². The number of rotatable bonds is 5. The lowest BCUT2D eigenvalue weighted by molar-refractivity contribution is 0.0944. The maximum atomic E-state index is 12.3. The minimum atomic E-state index is -0.104.